The van der Waals surface area contributed by atoms with Gasteiger partial charge in [0.25, 0.3) is 5.91 Å². The zero-order chi connectivity index (χ0) is 21.5. The Balaban J connectivity index is 1.81. The fraction of sp³-hybridized carbons (Fsp3) is 0.435. The molecule has 1 N–H and O–H groups in total. The van der Waals surface area contributed by atoms with Crippen molar-refractivity contribution in [1.29, 1.82) is 0 Å². The number of methoxy groups -OCH3 is 3. The largest absolute Gasteiger partial charge is 0.493 e. The number of benzene rings is 2. The van der Waals surface area contributed by atoms with Gasteiger partial charge in [0, 0.05) is 17.1 Å². The molecule has 6 nitrogen and oxygen atoms in total. The van der Waals surface area contributed by atoms with E-state index in [9.17, 15) is 4.79 Å². The number of halogens is 1. The summed E-state index contributed by atoms with van der Waals surface area (Å²) in [5, 5.41) is 3.79. The Labute approximate surface area is 183 Å². The maximum absolute atomic E-state index is 13.0. The smallest absolute Gasteiger partial charge is 0.251 e. The second-order valence-electron chi connectivity index (χ2n) is 7.26. The molecule has 1 aliphatic rings. The third-order valence-corrected chi connectivity index (χ3v) is 5.82. The lowest BCUT2D eigenvalue weighted by molar-refractivity contribution is 0.0923. The van der Waals surface area contributed by atoms with Crippen LogP contribution in [0.1, 0.15) is 41.2 Å². The van der Waals surface area contributed by atoms with Crippen molar-refractivity contribution in [2.24, 2.45) is 0 Å². The zero-order valence-electron chi connectivity index (χ0n) is 17.7. The molecule has 0 bridgehead atoms. The first-order chi connectivity index (χ1) is 14.6. The van der Waals surface area contributed by atoms with Crippen molar-refractivity contribution in [3.63, 3.8) is 0 Å². The van der Waals surface area contributed by atoms with Gasteiger partial charge in [-0.25, -0.2) is 0 Å². The monoisotopic (exact) mass is 432 g/mol. The number of hydrogen-bond acceptors (Lipinski definition) is 5. The Hall–Kier alpha value is -2.44. The van der Waals surface area contributed by atoms with E-state index in [2.05, 4.69) is 10.2 Å². The lowest BCUT2D eigenvalue weighted by Crippen LogP contribution is -2.40. The van der Waals surface area contributed by atoms with Crippen molar-refractivity contribution < 1.29 is 19.0 Å². The van der Waals surface area contributed by atoms with Gasteiger partial charge in [-0.1, -0.05) is 36.2 Å². The number of rotatable bonds is 8. The Kier molecular flexibility index (Phi) is 7.82. The molecule has 2 aromatic rings. The van der Waals surface area contributed by atoms with E-state index < -0.39 is 0 Å². The number of amides is 1. The van der Waals surface area contributed by atoms with E-state index in [0.717, 1.165) is 36.5 Å². The summed E-state index contributed by atoms with van der Waals surface area (Å²) in [5.41, 5.74) is 1.48. The number of hydrogen-bond donors (Lipinski definition) is 1. The lowest BCUT2D eigenvalue weighted by atomic mass is 10.0. The first-order valence-corrected chi connectivity index (χ1v) is 10.5. The highest BCUT2D eigenvalue weighted by Crippen LogP contribution is 2.38. The number of ether oxygens (including phenoxy) is 3. The number of likely N-dealkylation sites (tertiary alicyclic amines) is 1. The molecule has 1 fully saturated rings. The standard InChI is InChI=1S/C23H29ClN2O4/c1-28-20-13-16(14-21(29-2)22(20)30-3)23(27)25-15-19(26-11-7-4-8-12-26)17-9-5-6-10-18(17)24/h5-6,9-10,13-14,19H,4,7-8,11-12,15H2,1-3H3,(H,25,27)/t19-/m1/s1. The van der Waals surface area contributed by atoms with E-state index in [1.165, 1.54) is 27.8 Å². The molecule has 1 amide bonds. The second kappa shape index (κ2) is 10.5. The van der Waals surface area contributed by atoms with Gasteiger partial charge in [0.2, 0.25) is 5.75 Å². The van der Waals surface area contributed by atoms with Crippen LogP contribution < -0.4 is 19.5 Å². The van der Waals surface area contributed by atoms with Gasteiger partial charge in [0.15, 0.2) is 11.5 Å². The normalized spacial score (nSPS) is 15.3. The fourth-order valence-corrected chi connectivity index (χ4v) is 4.18. The van der Waals surface area contributed by atoms with Crippen LogP contribution in [0.2, 0.25) is 5.02 Å². The van der Waals surface area contributed by atoms with Gasteiger partial charge in [-0.3, -0.25) is 9.69 Å². The van der Waals surface area contributed by atoms with Crippen LogP contribution in [-0.4, -0.2) is 51.8 Å². The fourth-order valence-electron chi connectivity index (χ4n) is 3.91. The number of piperidine rings is 1. The Morgan fingerprint density at radius 2 is 1.67 bits per heavy atom. The molecular formula is C23H29ClN2O4. The molecule has 162 valence electrons. The van der Waals surface area contributed by atoms with Crippen LogP contribution >= 0.6 is 11.6 Å². The second-order valence-corrected chi connectivity index (χ2v) is 7.67. The van der Waals surface area contributed by atoms with Crippen molar-refractivity contribution >= 4 is 17.5 Å². The molecule has 0 saturated carbocycles. The molecule has 1 atom stereocenters. The first kappa shape index (κ1) is 22.2. The highest BCUT2D eigenvalue weighted by Gasteiger charge is 2.25. The number of carbonyl (C=O) groups is 1. The molecule has 1 aliphatic heterocycles. The average molecular weight is 433 g/mol. The topological polar surface area (TPSA) is 60.0 Å². The molecule has 0 unspecified atom stereocenters. The Bertz CT molecular complexity index is 843. The molecule has 7 heteroatoms. The number of nitrogens with one attached hydrogen (secondary N) is 1. The summed E-state index contributed by atoms with van der Waals surface area (Å²) in [6.45, 7) is 2.45. The molecule has 0 radical (unpaired) electrons. The maximum Gasteiger partial charge on any atom is 0.251 e. The lowest BCUT2D eigenvalue weighted by Gasteiger charge is -2.35. The van der Waals surface area contributed by atoms with Crippen molar-refractivity contribution in [3.05, 3.63) is 52.5 Å². The maximum atomic E-state index is 13.0. The van der Waals surface area contributed by atoms with Crippen molar-refractivity contribution in [1.82, 2.24) is 10.2 Å². The molecule has 0 aromatic heterocycles. The predicted octanol–water partition coefficient (Wildman–Crippen LogP) is 4.32. The van der Waals surface area contributed by atoms with Crippen molar-refractivity contribution in [2.75, 3.05) is 41.0 Å². The van der Waals surface area contributed by atoms with Gasteiger partial charge >= 0.3 is 0 Å². The minimum atomic E-state index is -0.205. The van der Waals surface area contributed by atoms with E-state index in [4.69, 9.17) is 25.8 Å². The summed E-state index contributed by atoms with van der Waals surface area (Å²) in [4.78, 5) is 15.4. The minimum Gasteiger partial charge on any atom is -0.493 e. The highest BCUT2D eigenvalue weighted by molar-refractivity contribution is 6.31. The van der Waals surface area contributed by atoms with Gasteiger partial charge in [-0.2, -0.15) is 0 Å². The van der Waals surface area contributed by atoms with Gasteiger partial charge < -0.3 is 19.5 Å². The minimum absolute atomic E-state index is 0.0185. The van der Waals surface area contributed by atoms with Crippen LogP contribution in [0.15, 0.2) is 36.4 Å². The predicted molar refractivity (Wildman–Crippen MR) is 118 cm³/mol. The summed E-state index contributed by atoms with van der Waals surface area (Å²) in [5.74, 6) is 1.14. The van der Waals surface area contributed by atoms with Crippen molar-refractivity contribution in [3.8, 4) is 17.2 Å². The number of carbonyl (C=O) groups excluding carboxylic acids is 1. The molecule has 30 heavy (non-hydrogen) atoms. The summed E-state index contributed by atoms with van der Waals surface area (Å²) < 4.78 is 16.1. The van der Waals surface area contributed by atoms with E-state index in [1.807, 2.05) is 24.3 Å². The van der Waals surface area contributed by atoms with Crippen LogP contribution in [0.5, 0.6) is 17.2 Å². The zero-order valence-corrected chi connectivity index (χ0v) is 18.5. The van der Waals surface area contributed by atoms with Crippen molar-refractivity contribution in [2.45, 2.75) is 25.3 Å². The Morgan fingerprint density at radius 1 is 1.03 bits per heavy atom. The van der Waals surface area contributed by atoms with E-state index in [0.29, 0.717) is 29.4 Å². The summed E-state index contributed by atoms with van der Waals surface area (Å²) in [6, 6.07) is 11.2. The van der Waals surface area contributed by atoms with Gasteiger partial charge in [0.1, 0.15) is 0 Å². The third kappa shape index (κ3) is 4.99. The molecule has 0 aliphatic carbocycles. The molecule has 0 spiro atoms. The van der Waals surface area contributed by atoms with Gasteiger partial charge in [0.05, 0.1) is 27.4 Å². The van der Waals surface area contributed by atoms with Gasteiger partial charge in [-0.15, -0.1) is 0 Å². The first-order valence-electron chi connectivity index (χ1n) is 10.2. The molecule has 2 aromatic carbocycles. The van der Waals surface area contributed by atoms with Crippen LogP contribution in [0.3, 0.4) is 0 Å². The van der Waals surface area contributed by atoms with Crippen LogP contribution in [0.25, 0.3) is 0 Å². The quantitative estimate of drug-likeness (QED) is 0.673. The SMILES string of the molecule is COc1cc(C(=O)NC[C@H](c2ccccc2Cl)N2CCCCC2)cc(OC)c1OC. The number of nitrogens with zero attached hydrogens (tertiary/aromatic N) is 1. The van der Waals surface area contributed by atoms with Crippen LogP contribution in [-0.2, 0) is 0 Å². The van der Waals surface area contributed by atoms with Gasteiger partial charge in [-0.05, 0) is 49.7 Å². The molecule has 3 rings (SSSR count). The summed E-state index contributed by atoms with van der Waals surface area (Å²) >= 11 is 6.50. The van der Waals surface area contributed by atoms with Crippen LogP contribution in [0.4, 0.5) is 0 Å². The summed E-state index contributed by atoms with van der Waals surface area (Å²) in [7, 11) is 4.60. The third-order valence-electron chi connectivity index (χ3n) is 5.48. The molecule has 1 saturated heterocycles. The van der Waals surface area contributed by atoms with E-state index in [1.54, 1.807) is 12.1 Å². The highest BCUT2D eigenvalue weighted by atomic mass is 35.5. The van der Waals surface area contributed by atoms with E-state index >= 15 is 0 Å². The summed E-state index contributed by atoms with van der Waals surface area (Å²) in [6.07, 6.45) is 3.55. The van der Waals surface area contributed by atoms with E-state index in [-0.39, 0.29) is 11.9 Å². The molecule has 1 heterocycles. The Morgan fingerprint density at radius 3 is 2.23 bits per heavy atom. The average Bonchev–Trinajstić information content (AvgIpc) is 2.79. The molecular weight excluding hydrogens is 404 g/mol. The van der Waals surface area contributed by atoms with Crippen LogP contribution in [0, 0.1) is 0 Å².